The van der Waals surface area contributed by atoms with E-state index >= 15 is 0 Å². The van der Waals surface area contributed by atoms with E-state index in [2.05, 4.69) is 53.0 Å². The van der Waals surface area contributed by atoms with Crippen molar-refractivity contribution < 1.29 is 0 Å². The average molecular weight is 228 g/mol. The number of benzene rings is 1. The summed E-state index contributed by atoms with van der Waals surface area (Å²) < 4.78 is 2.24. The number of aromatic nitrogens is 2. The topological polar surface area (TPSA) is 17.8 Å². The predicted molar refractivity (Wildman–Crippen MR) is 70.9 cm³/mol. The summed E-state index contributed by atoms with van der Waals surface area (Å²) in [5, 5.41) is 0. The molecule has 2 nitrogen and oxygen atoms in total. The summed E-state index contributed by atoms with van der Waals surface area (Å²) in [6.45, 7) is 2.24. The second-order valence-corrected chi connectivity index (χ2v) is 4.48. The van der Waals surface area contributed by atoms with E-state index < -0.39 is 0 Å². The van der Waals surface area contributed by atoms with Gasteiger partial charge in [-0.05, 0) is 24.8 Å². The van der Waals surface area contributed by atoms with Gasteiger partial charge in [-0.2, -0.15) is 0 Å². The summed E-state index contributed by atoms with van der Waals surface area (Å²) >= 11 is 0. The number of hydrogen-bond donors (Lipinski definition) is 0. The molecule has 0 fully saturated rings. The van der Waals surface area contributed by atoms with Crippen molar-refractivity contribution in [2.45, 2.75) is 38.6 Å². The van der Waals surface area contributed by atoms with E-state index in [4.69, 9.17) is 0 Å². The van der Waals surface area contributed by atoms with E-state index in [0.29, 0.717) is 6.04 Å². The van der Waals surface area contributed by atoms with Crippen molar-refractivity contribution in [2.24, 2.45) is 0 Å². The third-order valence-electron chi connectivity index (χ3n) is 3.18. The van der Waals surface area contributed by atoms with Crippen molar-refractivity contribution in [3.8, 4) is 0 Å². The summed E-state index contributed by atoms with van der Waals surface area (Å²) in [4.78, 5) is 4.14. The van der Waals surface area contributed by atoms with E-state index in [-0.39, 0.29) is 0 Å². The van der Waals surface area contributed by atoms with Gasteiger partial charge in [-0.15, -0.1) is 0 Å². The maximum Gasteiger partial charge on any atom is 0.0948 e. The van der Waals surface area contributed by atoms with E-state index in [1.807, 2.05) is 12.5 Å². The quantitative estimate of drug-likeness (QED) is 0.734. The van der Waals surface area contributed by atoms with E-state index in [1.165, 1.54) is 24.8 Å². The summed E-state index contributed by atoms with van der Waals surface area (Å²) in [6.07, 6.45) is 10.7. The van der Waals surface area contributed by atoms with Crippen LogP contribution in [0.5, 0.6) is 0 Å². The fraction of sp³-hybridized carbons (Fsp3) is 0.400. The Morgan fingerprint density at radius 3 is 2.65 bits per heavy atom. The van der Waals surface area contributed by atoms with Gasteiger partial charge in [0.1, 0.15) is 0 Å². The lowest BCUT2D eigenvalue weighted by Crippen LogP contribution is -2.08. The van der Waals surface area contributed by atoms with Gasteiger partial charge in [-0.1, -0.05) is 43.7 Å². The molecule has 2 heteroatoms. The molecule has 0 spiro atoms. The lowest BCUT2D eigenvalue weighted by atomic mass is 10.0. The monoisotopic (exact) mass is 228 g/mol. The highest BCUT2D eigenvalue weighted by atomic mass is 15.0. The van der Waals surface area contributed by atoms with Crippen LogP contribution in [0, 0.1) is 0 Å². The highest BCUT2D eigenvalue weighted by molar-refractivity contribution is 5.14. The van der Waals surface area contributed by atoms with Gasteiger partial charge in [0.2, 0.25) is 0 Å². The Balaban J connectivity index is 1.95. The van der Waals surface area contributed by atoms with Crippen LogP contribution in [-0.4, -0.2) is 9.55 Å². The molecular weight excluding hydrogens is 208 g/mol. The summed E-state index contributed by atoms with van der Waals surface area (Å²) in [5.74, 6) is 0. The Morgan fingerprint density at radius 1 is 1.18 bits per heavy atom. The van der Waals surface area contributed by atoms with Crippen molar-refractivity contribution in [3.05, 3.63) is 54.6 Å². The molecule has 1 aromatic heterocycles. The Hall–Kier alpha value is -1.57. The number of imidazole rings is 1. The fourth-order valence-corrected chi connectivity index (χ4v) is 2.24. The van der Waals surface area contributed by atoms with Gasteiger partial charge in [-0.25, -0.2) is 4.98 Å². The van der Waals surface area contributed by atoms with Crippen molar-refractivity contribution in [3.63, 3.8) is 0 Å². The summed E-state index contributed by atoms with van der Waals surface area (Å²) in [7, 11) is 0. The molecule has 0 bridgehead atoms. The zero-order valence-corrected chi connectivity index (χ0v) is 10.4. The molecular formula is C15H20N2. The summed E-state index contributed by atoms with van der Waals surface area (Å²) in [5.41, 5.74) is 1.42. The van der Waals surface area contributed by atoms with E-state index in [1.54, 1.807) is 0 Å². The first-order valence-corrected chi connectivity index (χ1v) is 6.41. The maximum absolute atomic E-state index is 4.14. The molecule has 0 aliphatic rings. The van der Waals surface area contributed by atoms with Gasteiger partial charge in [0.25, 0.3) is 0 Å². The van der Waals surface area contributed by atoms with Crippen LogP contribution in [0.4, 0.5) is 0 Å². The lowest BCUT2D eigenvalue weighted by molar-refractivity contribution is 0.430. The minimum absolute atomic E-state index is 0.586. The molecule has 0 amide bonds. The minimum Gasteiger partial charge on any atom is -0.334 e. The standard InChI is InChI=1S/C15H20N2/c1-2-6-15(17-12-11-16-13-17)10-9-14-7-4-3-5-8-14/h3-5,7-8,11-13,15H,2,6,9-10H2,1H3. The van der Waals surface area contributed by atoms with E-state index in [9.17, 15) is 0 Å². The van der Waals surface area contributed by atoms with Gasteiger partial charge in [0.05, 0.1) is 6.33 Å². The van der Waals surface area contributed by atoms with Crippen molar-refractivity contribution >= 4 is 0 Å². The molecule has 0 N–H and O–H groups in total. The predicted octanol–water partition coefficient (Wildman–Crippen LogP) is 3.86. The number of rotatable bonds is 6. The molecule has 0 saturated carbocycles. The minimum atomic E-state index is 0.586. The molecule has 1 aromatic carbocycles. The van der Waals surface area contributed by atoms with Crippen LogP contribution >= 0.6 is 0 Å². The van der Waals surface area contributed by atoms with Crippen LogP contribution in [0.1, 0.15) is 37.8 Å². The van der Waals surface area contributed by atoms with Crippen molar-refractivity contribution in [1.82, 2.24) is 9.55 Å². The zero-order chi connectivity index (χ0) is 11.9. The van der Waals surface area contributed by atoms with Gasteiger partial charge in [0, 0.05) is 18.4 Å². The first-order chi connectivity index (χ1) is 8.40. The maximum atomic E-state index is 4.14. The number of aryl methyl sites for hydroxylation is 1. The first kappa shape index (κ1) is 11.9. The highest BCUT2D eigenvalue weighted by Crippen LogP contribution is 2.20. The number of nitrogens with zero attached hydrogens (tertiary/aromatic N) is 2. The number of hydrogen-bond acceptors (Lipinski definition) is 1. The van der Waals surface area contributed by atoms with Crippen molar-refractivity contribution in [2.75, 3.05) is 0 Å². The third-order valence-corrected chi connectivity index (χ3v) is 3.18. The largest absolute Gasteiger partial charge is 0.334 e. The van der Waals surface area contributed by atoms with Gasteiger partial charge >= 0.3 is 0 Å². The van der Waals surface area contributed by atoms with Crippen LogP contribution < -0.4 is 0 Å². The fourth-order valence-electron chi connectivity index (χ4n) is 2.24. The van der Waals surface area contributed by atoms with Gasteiger partial charge in [0.15, 0.2) is 0 Å². The summed E-state index contributed by atoms with van der Waals surface area (Å²) in [6, 6.07) is 11.3. The smallest absolute Gasteiger partial charge is 0.0948 e. The molecule has 0 radical (unpaired) electrons. The van der Waals surface area contributed by atoms with Gasteiger partial charge in [-0.3, -0.25) is 0 Å². The molecule has 2 rings (SSSR count). The van der Waals surface area contributed by atoms with Crippen molar-refractivity contribution in [1.29, 1.82) is 0 Å². The first-order valence-electron chi connectivity index (χ1n) is 6.41. The molecule has 0 aliphatic carbocycles. The van der Waals surface area contributed by atoms with Crippen LogP contribution in [0.15, 0.2) is 49.1 Å². The molecule has 0 saturated heterocycles. The second kappa shape index (κ2) is 6.24. The van der Waals surface area contributed by atoms with Crippen LogP contribution in [-0.2, 0) is 6.42 Å². The molecule has 1 heterocycles. The third kappa shape index (κ3) is 3.45. The molecule has 90 valence electrons. The second-order valence-electron chi connectivity index (χ2n) is 4.48. The normalized spacial score (nSPS) is 12.5. The van der Waals surface area contributed by atoms with Crippen LogP contribution in [0.25, 0.3) is 0 Å². The molecule has 1 atom stereocenters. The molecule has 1 unspecified atom stereocenters. The SMILES string of the molecule is CCCC(CCc1ccccc1)n1ccnc1. The highest BCUT2D eigenvalue weighted by Gasteiger charge is 2.09. The van der Waals surface area contributed by atoms with Crippen LogP contribution in [0.3, 0.4) is 0 Å². The Bertz CT molecular complexity index is 406. The Labute approximate surface area is 103 Å². The lowest BCUT2D eigenvalue weighted by Gasteiger charge is -2.17. The van der Waals surface area contributed by atoms with E-state index in [0.717, 1.165) is 6.42 Å². The van der Waals surface area contributed by atoms with Crippen LogP contribution in [0.2, 0.25) is 0 Å². The zero-order valence-electron chi connectivity index (χ0n) is 10.4. The molecule has 2 aromatic rings. The Kier molecular flexibility index (Phi) is 4.37. The average Bonchev–Trinajstić information content (AvgIpc) is 2.89. The van der Waals surface area contributed by atoms with Gasteiger partial charge < -0.3 is 4.57 Å². The molecule has 17 heavy (non-hydrogen) atoms. The Morgan fingerprint density at radius 2 is 2.00 bits per heavy atom. The molecule has 0 aliphatic heterocycles.